The SMILES string of the molecule is c1ccc(-c2cc3c(c(N(c4c5c(cc(-c6ccccc6)c4-c4ccccc4)-c4ccccc4C5)c4cccc5ccccc45)c2-c2ccccc2)Cc2ccccc2-3)cc1. The Labute approximate surface area is 357 Å². The lowest BCUT2D eigenvalue weighted by Gasteiger charge is -2.36. The van der Waals surface area contributed by atoms with E-state index in [2.05, 4.69) is 229 Å². The predicted molar refractivity (Wildman–Crippen MR) is 257 cm³/mol. The Bertz CT molecular complexity index is 3090. The molecule has 2 aliphatic carbocycles. The van der Waals surface area contributed by atoms with E-state index < -0.39 is 0 Å². The van der Waals surface area contributed by atoms with Crippen LogP contribution in [0.4, 0.5) is 17.1 Å². The molecule has 12 rings (SSSR count). The molecule has 0 aromatic heterocycles. The smallest absolute Gasteiger partial charge is 0.0588 e. The Balaban J connectivity index is 1.33. The molecular weight excluding hydrogens is 735 g/mol. The molecule has 0 unspecified atom stereocenters. The van der Waals surface area contributed by atoms with E-state index in [0.29, 0.717) is 0 Å². The van der Waals surface area contributed by atoms with E-state index in [9.17, 15) is 0 Å². The second-order valence-electron chi connectivity index (χ2n) is 16.3. The maximum atomic E-state index is 2.72. The Kier molecular flexibility index (Phi) is 8.38. The average molecular weight is 776 g/mol. The minimum Gasteiger partial charge on any atom is -0.308 e. The predicted octanol–water partition coefficient (Wildman–Crippen LogP) is 16.1. The third-order valence-electron chi connectivity index (χ3n) is 12.9. The number of nitrogens with zero attached hydrogens (tertiary/aromatic N) is 1. The molecule has 0 aliphatic heterocycles. The Morgan fingerprint density at radius 1 is 0.295 bits per heavy atom. The van der Waals surface area contributed by atoms with Crippen molar-refractivity contribution in [3.63, 3.8) is 0 Å². The Hall–Kier alpha value is -7.74. The van der Waals surface area contributed by atoms with Crippen molar-refractivity contribution in [2.24, 2.45) is 0 Å². The van der Waals surface area contributed by atoms with Gasteiger partial charge in [0.15, 0.2) is 0 Å². The first-order chi connectivity index (χ1) is 30.3. The van der Waals surface area contributed by atoms with Gasteiger partial charge in [-0.25, -0.2) is 0 Å². The molecule has 0 radical (unpaired) electrons. The van der Waals surface area contributed by atoms with Gasteiger partial charge in [0.2, 0.25) is 0 Å². The molecule has 2 aliphatic rings. The Morgan fingerprint density at radius 3 is 1.18 bits per heavy atom. The van der Waals surface area contributed by atoms with Crippen LogP contribution in [0.5, 0.6) is 0 Å². The van der Waals surface area contributed by atoms with E-state index in [-0.39, 0.29) is 0 Å². The van der Waals surface area contributed by atoms with Crippen LogP contribution < -0.4 is 4.90 Å². The van der Waals surface area contributed by atoms with Gasteiger partial charge in [-0.1, -0.05) is 206 Å². The molecule has 1 nitrogen and oxygen atoms in total. The minimum atomic E-state index is 0.832. The molecule has 0 heterocycles. The van der Waals surface area contributed by atoms with Crippen LogP contribution in [-0.4, -0.2) is 0 Å². The number of hydrogen-bond donors (Lipinski definition) is 0. The van der Waals surface area contributed by atoms with E-state index >= 15 is 0 Å². The highest BCUT2D eigenvalue weighted by atomic mass is 15.2. The molecule has 61 heavy (non-hydrogen) atoms. The fourth-order valence-electron chi connectivity index (χ4n) is 10.2. The van der Waals surface area contributed by atoms with Crippen molar-refractivity contribution in [1.82, 2.24) is 0 Å². The molecular formula is C60H41N. The zero-order chi connectivity index (χ0) is 40.3. The first kappa shape index (κ1) is 35.2. The molecule has 0 fully saturated rings. The minimum absolute atomic E-state index is 0.832. The summed E-state index contributed by atoms with van der Waals surface area (Å²) >= 11 is 0. The summed E-state index contributed by atoms with van der Waals surface area (Å²) in [5.74, 6) is 0. The molecule has 0 amide bonds. The number of anilines is 3. The maximum Gasteiger partial charge on any atom is 0.0588 e. The molecule has 10 aromatic carbocycles. The first-order valence-corrected chi connectivity index (χ1v) is 21.4. The van der Waals surface area contributed by atoms with E-state index in [4.69, 9.17) is 0 Å². The summed E-state index contributed by atoms with van der Waals surface area (Å²) in [5, 5.41) is 2.43. The lowest BCUT2D eigenvalue weighted by molar-refractivity contribution is 1.17. The number of hydrogen-bond acceptors (Lipinski definition) is 1. The molecule has 0 bridgehead atoms. The summed E-state index contributed by atoms with van der Waals surface area (Å²) in [5.41, 5.74) is 24.0. The molecule has 286 valence electrons. The molecule has 0 N–H and O–H groups in total. The zero-order valence-corrected chi connectivity index (χ0v) is 33.7. The standard InChI is InChI=1S/C60H41N/c1-5-20-41(21-6-1)50-38-52-47-32-16-14-29-45(47)36-54(52)59(57(50)43-25-9-3-10-26-43)61(56-35-19-31-40-24-13-18-34-49(40)56)60-55-37-46-30-15-17-33-48(46)53(55)39-51(42-22-7-2-8-23-42)58(60)44-27-11-4-12-28-44/h1-35,38-39H,36-37H2. The molecule has 1 heteroatoms. The van der Waals surface area contributed by atoms with E-state index in [1.807, 2.05) is 0 Å². The van der Waals surface area contributed by atoms with Crippen LogP contribution in [0, 0.1) is 0 Å². The van der Waals surface area contributed by atoms with Crippen molar-refractivity contribution in [2.75, 3.05) is 4.90 Å². The second-order valence-corrected chi connectivity index (χ2v) is 16.3. The van der Waals surface area contributed by atoms with Crippen molar-refractivity contribution in [2.45, 2.75) is 12.8 Å². The van der Waals surface area contributed by atoms with Crippen LogP contribution >= 0.6 is 0 Å². The molecule has 0 spiro atoms. The first-order valence-electron chi connectivity index (χ1n) is 21.4. The normalized spacial score (nSPS) is 12.1. The maximum absolute atomic E-state index is 2.72. The monoisotopic (exact) mass is 775 g/mol. The fraction of sp³-hybridized carbons (Fsp3) is 0.0333. The highest BCUT2D eigenvalue weighted by Crippen LogP contribution is 2.59. The quantitative estimate of drug-likeness (QED) is 0.156. The third kappa shape index (κ3) is 5.77. The van der Waals surface area contributed by atoms with Gasteiger partial charge in [0.1, 0.15) is 0 Å². The van der Waals surface area contributed by atoms with Gasteiger partial charge in [-0.05, 0) is 101 Å². The lowest BCUT2D eigenvalue weighted by atomic mass is 9.84. The van der Waals surface area contributed by atoms with Crippen LogP contribution in [-0.2, 0) is 12.8 Å². The fourth-order valence-corrected chi connectivity index (χ4v) is 10.2. The molecule has 0 atom stereocenters. The van der Waals surface area contributed by atoms with Gasteiger partial charge in [-0.3, -0.25) is 0 Å². The lowest BCUT2D eigenvalue weighted by Crippen LogP contribution is -2.18. The second kappa shape index (κ2) is 14.5. The highest BCUT2D eigenvalue weighted by molar-refractivity contribution is 6.12. The molecule has 0 saturated heterocycles. The van der Waals surface area contributed by atoms with Gasteiger partial charge < -0.3 is 4.90 Å². The zero-order valence-electron chi connectivity index (χ0n) is 33.7. The van der Waals surface area contributed by atoms with Crippen LogP contribution in [0.2, 0.25) is 0 Å². The van der Waals surface area contributed by atoms with Crippen molar-refractivity contribution in [1.29, 1.82) is 0 Å². The summed E-state index contributed by atoms with van der Waals surface area (Å²) in [7, 11) is 0. The van der Waals surface area contributed by atoms with Gasteiger partial charge in [-0.2, -0.15) is 0 Å². The number of benzene rings is 10. The van der Waals surface area contributed by atoms with Crippen molar-refractivity contribution in [3.05, 3.63) is 247 Å². The van der Waals surface area contributed by atoms with Crippen molar-refractivity contribution >= 4 is 27.8 Å². The van der Waals surface area contributed by atoms with E-state index in [0.717, 1.165) is 12.8 Å². The van der Waals surface area contributed by atoms with Crippen molar-refractivity contribution < 1.29 is 0 Å². The van der Waals surface area contributed by atoms with Crippen LogP contribution in [0.3, 0.4) is 0 Å². The number of rotatable bonds is 7. The molecule has 0 saturated carbocycles. The van der Waals surface area contributed by atoms with Crippen molar-refractivity contribution in [3.8, 4) is 66.8 Å². The van der Waals surface area contributed by atoms with E-state index in [1.54, 1.807) is 0 Å². The van der Waals surface area contributed by atoms with Crippen LogP contribution in [0.15, 0.2) is 224 Å². The van der Waals surface area contributed by atoms with Crippen LogP contribution in [0.25, 0.3) is 77.5 Å². The van der Waals surface area contributed by atoms with Gasteiger partial charge >= 0.3 is 0 Å². The summed E-state index contributed by atoms with van der Waals surface area (Å²) in [4.78, 5) is 2.72. The van der Waals surface area contributed by atoms with E-state index in [1.165, 1.54) is 117 Å². The van der Waals surface area contributed by atoms with Gasteiger partial charge in [0.25, 0.3) is 0 Å². The third-order valence-corrected chi connectivity index (χ3v) is 12.9. The van der Waals surface area contributed by atoms with Gasteiger partial charge in [0, 0.05) is 29.4 Å². The summed E-state index contributed by atoms with van der Waals surface area (Å²) in [6.45, 7) is 0. The number of fused-ring (bicyclic) bond motifs is 7. The Morgan fingerprint density at radius 2 is 0.689 bits per heavy atom. The molecule has 10 aromatic rings. The average Bonchev–Trinajstić information content (AvgIpc) is 3.91. The van der Waals surface area contributed by atoms with Gasteiger partial charge in [-0.15, -0.1) is 0 Å². The summed E-state index contributed by atoms with van der Waals surface area (Å²) in [6.07, 6.45) is 1.66. The highest BCUT2D eigenvalue weighted by Gasteiger charge is 2.36. The van der Waals surface area contributed by atoms with Gasteiger partial charge in [0.05, 0.1) is 17.1 Å². The van der Waals surface area contributed by atoms with Crippen LogP contribution in [0.1, 0.15) is 22.3 Å². The summed E-state index contributed by atoms with van der Waals surface area (Å²) in [6, 6.07) is 83.2. The largest absolute Gasteiger partial charge is 0.308 e. The summed E-state index contributed by atoms with van der Waals surface area (Å²) < 4.78 is 0. The topological polar surface area (TPSA) is 3.24 Å².